The molecule has 0 spiro atoms. The molecule has 0 unspecified atom stereocenters. The molecule has 0 heterocycles. The Balaban J connectivity index is 0. The van der Waals surface area contributed by atoms with Crippen LogP contribution in [-0.2, 0) is 19.5 Å². The maximum atomic E-state index is 0. The van der Waals surface area contributed by atoms with Gasteiger partial charge in [-0.05, 0) is 0 Å². The Bertz CT molecular complexity index is 8.00. The van der Waals surface area contributed by atoms with Gasteiger partial charge in [0, 0.05) is 98.8 Å². The first-order valence-electron chi connectivity index (χ1n) is 0. The van der Waals surface area contributed by atoms with Crippen LogP contribution in [-0.4, -0.2) is 79.3 Å². The van der Waals surface area contributed by atoms with Crippen molar-refractivity contribution in [2.75, 3.05) is 0 Å². The van der Waals surface area contributed by atoms with Gasteiger partial charge in [0.1, 0.15) is 0 Å². The van der Waals surface area contributed by atoms with Crippen molar-refractivity contribution in [1.29, 1.82) is 0 Å². The number of hydrogen-bond acceptors (Lipinski definition) is 0. The van der Waals surface area contributed by atoms with Gasteiger partial charge in [0.05, 0.1) is 0 Å². The van der Waals surface area contributed by atoms with Crippen molar-refractivity contribution < 1.29 is 19.5 Å². The normalized spacial score (nSPS) is 0. The van der Waals surface area contributed by atoms with E-state index in [0.717, 1.165) is 0 Å². The van der Waals surface area contributed by atoms with Crippen molar-refractivity contribution in [3.63, 3.8) is 0 Å². The van der Waals surface area contributed by atoms with Gasteiger partial charge in [-0.3, -0.25) is 0 Å². The maximum Gasteiger partial charge on any atom is 0 e. The Labute approximate surface area is 96.7 Å². The fraction of sp³-hybridized carbons (Fsp3) is 0. The van der Waals surface area contributed by atoms with Crippen LogP contribution in [0.4, 0.5) is 0 Å². The van der Waals surface area contributed by atoms with E-state index in [1.54, 1.807) is 0 Å². The molecule has 0 aliphatic carbocycles. The Morgan fingerprint density at radius 1 is 1.00 bits per heavy atom. The molecule has 0 aromatic heterocycles. The summed E-state index contributed by atoms with van der Waals surface area (Å²) in [5, 5.41) is 0. The van der Waals surface area contributed by atoms with Gasteiger partial charge in [0.15, 0.2) is 0 Å². The third-order valence-corrected chi connectivity index (χ3v) is 0. The summed E-state index contributed by atoms with van der Waals surface area (Å²) >= 11 is 0. The maximum absolute atomic E-state index is 0. The third-order valence-electron chi connectivity index (χ3n) is 0. The second-order valence-electron chi connectivity index (χ2n) is 0. The van der Waals surface area contributed by atoms with E-state index in [1.165, 1.54) is 0 Å². The van der Waals surface area contributed by atoms with Crippen molar-refractivity contribution in [2.24, 2.45) is 0 Å². The van der Waals surface area contributed by atoms with E-state index < -0.39 is 0 Å². The predicted molar refractivity (Wildman–Crippen MR) is 17.3 cm³/mol. The van der Waals surface area contributed by atoms with E-state index in [0.29, 0.717) is 0 Å². The molecule has 4 heavy (non-hydrogen) atoms. The second-order valence-corrected chi connectivity index (χ2v) is 0. The summed E-state index contributed by atoms with van der Waals surface area (Å²) in [6.45, 7) is 0. The molecular weight excluding hydrogens is 596 g/mol. The van der Waals surface area contributed by atoms with Crippen LogP contribution in [0.25, 0.3) is 0 Å². The van der Waals surface area contributed by atoms with Crippen LogP contribution in [0.1, 0.15) is 0 Å². The van der Waals surface area contributed by atoms with E-state index in [1.807, 2.05) is 0 Å². The molecule has 0 saturated carbocycles. The minimum atomic E-state index is 0. The monoisotopic (exact) mass is 596 g/mol. The van der Waals surface area contributed by atoms with Crippen LogP contribution in [0.2, 0.25) is 0 Å². The van der Waals surface area contributed by atoms with Crippen molar-refractivity contribution in [2.45, 2.75) is 0 Å². The largest absolute Gasteiger partial charge is 0 e. The predicted octanol–water partition coefficient (Wildman–Crippen LogP) is -1.14. The summed E-state index contributed by atoms with van der Waals surface area (Å²) < 4.78 is 0. The summed E-state index contributed by atoms with van der Waals surface area (Å²) in [6, 6.07) is 0. The number of rotatable bonds is 0. The van der Waals surface area contributed by atoms with E-state index in [9.17, 15) is 0 Å². The fourth-order valence-corrected chi connectivity index (χ4v) is 0. The topological polar surface area (TPSA) is 0 Å². The first kappa shape index (κ1) is 26.6. The molecule has 0 aliphatic rings. The van der Waals surface area contributed by atoms with Crippen molar-refractivity contribution in [3.8, 4) is 0 Å². The molecule has 0 amide bonds. The van der Waals surface area contributed by atoms with Gasteiger partial charge < -0.3 is 0 Å². The molecule has 0 aromatic rings. The van der Waals surface area contributed by atoms with E-state index in [-0.39, 0.29) is 98.8 Å². The third kappa shape index (κ3) is 9.00. The molecule has 10 radical (unpaired) electrons. The SMILES string of the molecule is [Bi].[In].[Pb].[Zn]. The van der Waals surface area contributed by atoms with Crippen LogP contribution in [0.5, 0.6) is 0 Å². The molecule has 0 fully saturated rings. The van der Waals surface area contributed by atoms with Gasteiger partial charge in [-0.2, -0.15) is 0 Å². The Hall–Kier alpha value is 3.30. The molecule has 0 bridgehead atoms. The van der Waals surface area contributed by atoms with Gasteiger partial charge >= 0.3 is 0 Å². The first-order valence-corrected chi connectivity index (χ1v) is 0. The zero-order valence-electron chi connectivity index (χ0n) is 2.23. The molecule has 0 atom stereocenters. The minimum absolute atomic E-state index is 0. The van der Waals surface area contributed by atoms with E-state index in [2.05, 4.69) is 0 Å². The van der Waals surface area contributed by atoms with Crippen molar-refractivity contribution in [1.82, 2.24) is 0 Å². The Morgan fingerprint density at radius 2 is 1.00 bits per heavy atom. The molecule has 0 rings (SSSR count). The van der Waals surface area contributed by atoms with Crippen LogP contribution >= 0.6 is 0 Å². The fourth-order valence-electron chi connectivity index (χ4n) is 0. The van der Waals surface area contributed by atoms with Crippen LogP contribution in [0.15, 0.2) is 0 Å². The first-order chi connectivity index (χ1) is 0. The van der Waals surface area contributed by atoms with Gasteiger partial charge in [0.2, 0.25) is 0 Å². The number of hydrogen-bond donors (Lipinski definition) is 0. The molecule has 0 nitrogen and oxygen atoms in total. The van der Waals surface area contributed by atoms with Crippen molar-refractivity contribution in [3.05, 3.63) is 0 Å². The quantitative estimate of drug-likeness (QED) is 0.311. The molecule has 0 aromatic carbocycles. The van der Waals surface area contributed by atoms with Crippen LogP contribution < -0.4 is 0 Å². The van der Waals surface area contributed by atoms with Crippen LogP contribution in [0, 0.1) is 0 Å². The summed E-state index contributed by atoms with van der Waals surface area (Å²) in [4.78, 5) is 0. The molecule has 4 heteroatoms. The van der Waals surface area contributed by atoms with Gasteiger partial charge in [-0.25, -0.2) is 0 Å². The Morgan fingerprint density at radius 3 is 1.00 bits per heavy atom. The smallest absolute Gasteiger partial charge is 0 e. The van der Waals surface area contributed by atoms with Gasteiger partial charge in [-0.15, -0.1) is 0 Å². The van der Waals surface area contributed by atoms with Gasteiger partial charge in [-0.1, -0.05) is 0 Å². The van der Waals surface area contributed by atoms with Gasteiger partial charge in [0.25, 0.3) is 0 Å². The average molecular weight is 596 g/mol. The Kier molecular flexibility index (Phi) is 108. The molecular formula is BiInPbZn. The standard InChI is InChI=1S/Bi.In.Pb.Zn. The van der Waals surface area contributed by atoms with E-state index in [4.69, 9.17) is 0 Å². The zero-order valence-corrected chi connectivity index (χ0v) is 15.9. The zero-order chi connectivity index (χ0) is 0. The molecule has 0 saturated heterocycles. The second kappa shape index (κ2) is 16.3. The molecule has 0 N–H and O–H groups in total. The minimum Gasteiger partial charge on any atom is 0 e. The summed E-state index contributed by atoms with van der Waals surface area (Å²) in [7, 11) is 0. The van der Waals surface area contributed by atoms with Crippen LogP contribution in [0.3, 0.4) is 0 Å². The summed E-state index contributed by atoms with van der Waals surface area (Å²) in [5.41, 5.74) is 0. The average Bonchev–Trinajstić information content (AvgIpc) is 0. The van der Waals surface area contributed by atoms with E-state index >= 15 is 0 Å². The van der Waals surface area contributed by atoms with Crippen molar-refractivity contribution >= 4 is 79.3 Å². The molecule has 0 aliphatic heterocycles. The molecule has 14 valence electrons. The summed E-state index contributed by atoms with van der Waals surface area (Å²) in [6.07, 6.45) is 0. The summed E-state index contributed by atoms with van der Waals surface area (Å²) in [5.74, 6) is 0.